The molecule has 0 atom stereocenters. The second kappa shape index (κ2) is 5.17. The van der Waals surface area contributed by atoms with Crippen molar-refractivity contribution in [3.8, 4) is 22.5 Å². The molecule has 0 fully saturated rings. The quantitative estimate of drug-likeness (QED) is 0.682. The topological polar surface area (TPSA) is 38.9 Å². The molecule has 0 bridgehead atoms. The smallest absolute Gasteiger partial charge is 0.191 e. The Morgan fingerprint density at radius 3 is 1.95 bits per heavy atom. The average Bonchev–Trinajstić information content (AvgIpc) is 2.98. The van der Waals surface area contributed by atoms with Gasteiger partial charge in [-0.2, -0.15) is 0 Å². The van der Waals surface area contributed by atoms with Crippen molar-refractivity contribution in [2.24, 2.45) is 0 Å². The molecule has 0 saturated carbocycles. The van der Waals surface area contributed by atoms with Crippen molar-refractivity contribution in [1.82, 2.24) is 10.4 Å². The summed E-state index contributed by atoms with van der Waals surface area (Å²) in [7, 11) is 0. The summed E-state index contributed by atoms with van der Waals surface area (Å²) in [4.78, 5) is 0. The van der Waals surface area contributed by atoms with Gasteiger partial charge in [-0.25, -0.2) is 0 Å². The van der Waals surface area contributed by atoms with Gasteiger partial charge < -0.3 is 4.52 Å². The van der Waals surface area contributed by atoms with Gasteiger partial charge in [-0.15, -0.1) is 5.10 Å². The Morgan fingerprint density at radius 2 is 1.33 bits per heavy atom. The zero-order valence-corrected chi connectivity index (χ0v) is 12.5. The minimum absolute atomic E-state index is 0.0898. The van der Waals surface area contributed by atoms with E-state index in [0.29, 0.717) is 0 Å². The molecule has 2 aromatic carbocycles. The highest BCUT2D eigenvalue weighted by Gasteiger charge is 2.24. The van der Waals surface area contributed by atoms with E-state index in [1.165, 1.54) is 11.1 Å². The van der Waals surface area contributed by atoms with Gasteiger partial charge >= 0.3 is 0 Å². The Morgan fingerprint density at radius 1 is 0.762 bits per heavy atom. The maximum atomic E-state index is 5.36. The summed E-state index contributed by atoms with van der Waals surface area (Å²) in [6, 6.07) is 18.6. The molecule has 0 radical (unpaired) electrons. The summed E-state index contributed by atoms with van der Waals surface area (Å²) in [5, 5.41) is 7.85. The van der Waals surface area contributed by atoms with Crippen LogP contribution in [-0.2, 0) is 5.41 Å². The molecule has 0 N–H and O–H groups in total. The summed E-state index contributed by atoms with van der Waals surface area (Å²) in [6.45, 7) is 6.32. The number of hydrogen-bond donors (Lipinski definition) is 0. The molecule has 1 aromatic heterocycles. The SMILES string of the molecule is CC(C)(C)c1nnoc1-c1ccc(-c2ccccc2)cc1. The Bertz CT molecular complexity index is 722. The highest BCUT2D eigenvalue weighted by Crippen LogP contribution is 2.32. The molecule has 3 rings (SSSR count). The number of aromatic nitrogens is 2. The van der Waals surface area contributed by atoms with E-state index >= 15 is 0 Å². The normalized spacial score (nSPS) is 11.6. The Kier molecular flexibility index (Phi) is 3.34. The summed E-state index contributed by atoms with van der Waals surface area (Å²) in [5.41, 5.74) is 4.19. The molecule has 106 valence electrons. The molecule has 3 nitrogen and oxygen atoms in total. The molecule has 0 spiro atoms. The van der Waals surface area contributed by atoms with Crippen LogP contribution in [0.15, 0.2) is 59.1 Å². The Hall–Kier alpha value is -2.42. The summed E-state index contributed by atoms with van der Waals surface area (Å²) in [6.07, 6.45) is 0. The van der Waals surface area contributed by atoms with Crippen molar-refractivity contribution in [2.75, 3.05) is 0 Å². The molecule has 0 aliphatic rings. The van der Waals surface area contributed by atoms with Gasteiger partial charge in [0.05, 0.1) is 0 Å². The van der Waals surface area contributed by atoms with E-state index in [0.717, 1.165) is 17.0 Å². The fourth-order valence-electron chi connectivity index (χ4n) is 2.32. The lowest BCUT2D eigenvalue weighted by molar-refractivity contribution is 0.403. The molecule has 0 saturated heterocycles. The van der Waals surface area contributed by atoms with Crippen LogP contribution < -0.4 is 0 Å². The van der Waals surface area contributed by atoms with Crippen molar-refractivity contribution in [2.45, 2.75) is 26.2 Å². The third kappa shape index (κ3) is 2.72. The van der Waals surface area contributed by atoms with E-state index in [1.54, 1.807) is 0 Å². The minimum atomic E-state index is -0.0898. The number of benzene rings is 2. The van der Waals surface area contributed by atoms with Gasteiger partial charge in [0.25, 0.3) is 0 Å². The fraction of sp³-hybridized carbons (Fsp3) is 0.222. The molecule has 3 heteroatoms. The summed E-state index contributed by atoms with van der Waals surface area (Å²) < 4.78 is 5.36. The maximum Gasteiger partial charge on any atom is 0.191 e. The lowest BCUT2D eigenvalue weighted by Gasteiger charge is -2.15. The molecular weight excluding hydrogens is 260 g/mol. The van der Waals surface area contributed by atoms with Crippen LogP contribution >= 0.6 is 0 Å². The van der Waals surface area contributed by atoms with Crippen molar-refractivity contribution in [3.05, 3.63) is 60.3 Å². The molecule has 0 unspecified atom stereocenters. The number of hydrogen-bond acceptors (Lipinski definition) is 3. The van der Waals surface area contributed by atoms with E-state index in [9.17, 15) is 0 Å². The van der Waals surface area contributed by atoms with Gasteiger partial charge in [-0.05, 0) is 11.1 Å². The van der Waals surface area contributed by atoms with Gasteiger partial charge in [0.2, 0.25) is 0 Å². The van der Waals surface area contributed by atoms with Gasteiger partial charge in [-0.3, -0.25) is 0 Å². The highest BCUT2D eigenvalue weighted by molar-refractivity contribution is 5.69. The predicted molar refractivity (Wildman–Crippen MR) is 83.9 cm³/mol. The first-order valence-electron chi connectivity index (χ1n) is 7.04. The highest BCUT2D eigenvalue weighted by atomic mass is 16.5. The van der Waals surface area contributed by atoms with Crippen molar-refractivity contribution >= 4 is 0 Å². The van der Waals surface area contributed by atoms with Crippen LogP contribution in [0.2, 0.25) is 0 Å². The van der Waals surface area contributed by atoms with Gasteiger partial charge in [0, 0.05) is 16.2 Å². The lowest BCUT2D eigenvalue weighted by Crippen LogP contribution is -2.13. The van der Waals surface area contributed by atoms with E-state index in [-0.39, 0.29) is 5.41 Å². The second-order valence-electron chi connectivity index (χ2n) is 6.14. The summed E-state index contributed by atoms with van der Waals surface area (Å²) >= 11 is 0. The third-order valence-electron chi connectivity index (χ3n) is 3.45. The van der Waals surface area contributed by atoms with E-state index in [2.05, 4.69) is 67.5 Å². The Balaban J connectivity index is 1.97. The first-order chi connectivity index (χ1) is 10.1. The minimum Gasteiger partial charge on any atom is -0.337 e. The van der Waals surface area contributed by atoms with Gasteiger partial charge in [-0.1, -0.05) is 75.4 Å². The first-order valence-corrected chi connectivity index (χ1v) is 7.04. The van der Waals surface area contributed by atoms with Crippen LogP contribution in [-0.4, -0.2) is 10.4 Å². The third-order valence-corrected chi connectivity index (χ3v) is 3.45. The number of nitrogens with zero attached hydrogens (tertiary/aromatic N) is 2. The van der Waals surface area contributed by atoms with E-state index in [4.69, 9.17) is 4.52 Å². The van der Waals surface area contributed by atoms with Crippen LogP contribution in [0.25, 0.3) is 22.5 Å². The molecule has 1 heterocycles. The van der Waals surface area contributed by atoms with Gasteiger partial charge in [0.15, 0.2) is 5.76 Å². The first kappa shape index (κ1) is 13.6. The molecule has 0 aliphatic carbocycles. The molecule has 0 aliphatic heterocycles. The monoisotopic (exact) mass is 278 g/mol. The second-order valence-corrected chi connectivity index (χ2v) is 6.14. The zero-order valence-electron chi connectivity index (χ0n) is 12.5. The van der Waals surface area contributed by atoms with Crippen molar-refractivity contribution in [3.63, 3.8) is 0 Å². The molecular formula is C18H18N2O. The van der Waals surface area contributed by atoms with Crippen molar-refractivity contribution < 1.29 is 4.52 Å². The van der Waals surface area contributed by atoms with Gasteiger partial charge in [0.1, 0.15) is 5.69 Å². The predicted octanol–water partition coefficient (Wildman–Crippen LogP) is 4.70. The lowest BCUT2D eigenvalue weighted by atomic mass is 9.89. The summed E-state index contributed by atoms with van der Waals surface area (Å²) in [5.74, 6) is 0.752. The van der Waals surface area contributed by atoms with E-state index in [1.807, 2.05) is 18.2 Å². The van der Waals surface area contributed by atoms with Crippen LogP contribution in [0, 0.1) is 0 Å². The van der Waals surface area contributed by atoms with E-state index < -0.39 is 0 Å². The largest absolute Gasteiger partial charge is 0.337 e. The molecule has 3 aromatic rings. The maximum absolute atomic E-state index is 5.36. The molecule has 21 heavy (non-hydrogen) atoms. The average molecular weight is 278 g/mol. The standard InChI is InChI=1S/C18H18N2O/c1-18(2,3)17-16(21-20-19-17)15-11-9-14(10-12-15)13-7-5-4-6-8-13/h4-12H,1-3H3. The van der Waals surface area contributed by atoms with Crippen LogP contribution in [0.3, 0.4) is 0 Å². The molecule has 0 amide bonds. The van der Waals surface area contributed by atoms with Crippen molar-refractivity contribution in [1.29, 1.82) is 0 Å². The van der Waals surface area contributed by atoms with Crippen LogP contribution in [0.4, 0.5) is 0 Å². The Labute approximate surface area is 124 Å². The van der Waals surface area contributed by atoms with Crippen LogP contribution in [0.1, 0.15) is 26.5 Å². The fourth-order valence-corrected chi connectivity index (χ4v) is 2.32. The zero-order chi connectivity index (χ0) is 14.9. The number of rotatable bonds is 2. The van der Waals surface area contributed by atoms with Crippen LogP contribution in [0.5, 0.6) is 0 Å².